The lowest BCUT2D eigenvalue weighted by Crippen LogP contribution is -2.28. The van der Waals surface area contributed by atoms with Gasteiger partial charge >= 0.3 is 0 Å². The second kappa shape index (κ2) is 9.56. The van der Waals surface area contributed by atoms with Crippen LogP contribution in [-0.4, -0.2) is 18.0 Å². The van der Waals surface area contributed by atoms with E-state index in [2.05, 4.69) is 18.4 Å². The van der Waals surface area contributed by atoms with Gasteiger partial charge in [-0.1, -0.05) is 52.0 Å². The van der Waals surface area contributed by atoms with E-state index in [1.807, 2.05) is 0 Å². The number of unbranched alkanes of at least 4 members (excludes halogenated alkanes) is 6. The van der Waals surface area contributed by atoms with Gasteiger partial charge in [-0.05, 0) is 32.1 Å². The first-order chi connectivity index (χ1) is 8.34. The minimum absolute atomic E-state index is 1.23. The van der Waals surface area contributed by atoms with Gasteiger partial charge in [0.1, 0.15) is 0 Å². The van der Waals surface area contributed by atoms with Crippen LogP contribution in [-0.2, 0) is 0 Å². The summed E-state index contributed by atoms with van der Waals surface area (Å²) in [6.07, 6.45) is 15.2. The highest BCUT2D eigenvalue weighted by Gasteiger charge is 2.10. The van der Waals surface area contributed by atoms with Crippen LogP contribution in [0.25, 0.3) is 0 Å². The molecule has 0 radical (unpaired) electrons. The molecule has 0 amide bonds. The van der Waals surface area contributed by atoms with E-state index in [-0.39, 0.29) is 0 Å². The number of piperidine rings is 1. The largest absolute Gasteiger partial charge is 0.375 e. The van der Waals surface area contributed by atoms with E-state index in [0.29, 0.717) is 0 Å². The van der Waals surface area contributed by atoms with Crippen molar-refractivity contribution in [1.29, 1.82) is 0 Å². The van der Waals surface area contributed by atoms with Gasteiger partial charge in [-0.2, -0.15) is 0 Å². The summed E-state index contributed by atoms with van der Waals surface area (Å²) in [5, 5.41) is 0. The van der Waals surface area contributed by atoms with Crippen LogP contribution in [0.2, 0.25) is 0 Å². The molecule has 0 aromatic heterocycles. The lowest BCUT2D eigenvalue weighted by molar-refractivity contribution is 0.276. The Bertz CT molecular complexity index is 192. The summed E-state index contributed by atoms with van der Waals surface area (Å²) in [5.74, 6) is 0. The third-order valence-electron chi connectivity index (χ3n) is 3.87. The molecular formula is C16H31N. The zero-order chi connectivity index (χ0) is 12.3. The van der Waals surface area contributed by atoms with Gasteiger partial charge in [0.05, 0.1) is 0 Å². The summed E-state index contributed by atoms with van der Waals surface area (Å²) < 4.78 is 0. The van der Waals surface area contributed by atoms with Crippen molar-refractivity contribution in [2.75, 3.05) is 13.1 Å². The number of hydrogen-bond acceptors (Lipinski definition) is 1. The van der Waals surface area contributed by atoms with E-state index in [0.717, 1.165) is 0 Å². The maximum atomic E-state index is 4.25. The zero-order valence-corrected chi connectivity index (χ0v) is 11.8. The molecule has 1 heteroatoms. The topological polar surface area (TPSA) is 3.24 Å². The molecule has 1 rings (SSSR count). The van der Waals surface area contributed by atoms with Crippen LogP contribution >= 0.6 is 0 Å². The van der Waals surface area contributed by atoms with Gasteiger partial charge in [0.25, 0.3) is 0 Å². The van der Waals surface area contributed by atoms with Gasteiger partial charge in [-0.3, -0.25) is 0 Å². The Kier molecular flexibility index (Phi) is 8.21. The van der Waals surface area contributed by atoms with E-state index in [4.69, 9.17) is 0 Å². The van der Waals surface area contributed by atoms with Crippen LogP contribution in [0.4, 0.5) is 0 Å². The zero-order valence-electron chi connectivity index (χ0n) is 11.8. The molecule has 1 aliphatic heterocycles. The molecule has 0 saturated carbocycles. The lowest BCUT2D eigenvalue weighted by Gasteiger charge is -2.30. The standard InChI is InChI=1S/C16H31N/c1-3-4-5-6-7-8-10-13-16(2)17-14-11-9-12-15-17/h2-15H2,1H3. The molecule has 0 unspecified atom stereocenters. The maximum Gasteiger partial charge on any atom is 0.0174 e. The Hall–Kier alpha value is -0.460. The average molecular weight is 237 g/mol. The Labute approximate surface area is 108 Å². The Morgan fingerprint density at radius 3 is 2.12 bits per heavy atom. The van der Waals surface area contributed by atoms with Crippen LogP contribution < -0.4 is 0 Å². The third kappa shape index (κ3) is 6.75. The number of allylic oxidation sites excluding steroid dienone is 1. The first-order valence-electron chi connectivity index (χ1n) is 7.77. The van der Waals surface area contributed by atoms with Crippen molar-refractivity contribution in [3.8, 4) is 0 Å². The lowest BCUT2D eigenvalue weighted by atomic mass is 10.1. The van der Waals surface area contributed by atoms with E-state index in [1.165, 1.54) is 89.4 Å². The molecule has 0 bridgehead atoms. The number of rotatable bonds is 9. The summed E-state index contributed by atoms with van der Waals surface area (Å²) in [6, 6.07) is 0. The predicted octanol–water partition coefficient (Wildman–Crippen LogP) is 5.13. The first kappa shape index (κ1) is 14.6. The first-order valence-corrected chi connectivity index (χ1v) is 7.77. The van der Waals surface area contributed by atoms with Crippen LogP contribution in [0.3, 0.4) is 0 Å². The van der Waals surface area contributed by atoms with Crippen LogP contribution in [0.1, 0.15) is 77.6 Å². The molecule has 100 valence electrons. The molecule has 0 aromatic rings. The van der Waals surface area contributed by atoms with Gasteiger partial charge in [0.15, 0.2) is 0 Å². The normalized spacial score (nSPS) is 16.2. The summed E-state index contributed by atoms with van der Waals surface area (Å²) in [4.78, 5) is 2.51. The van der Waals surface area contributed by atoms with Crippen molar-refractivity contribution in [1.82, 2.24) is 4.90 Å². The quantitative estimate of drug-likeness (QED) is 0.503. The van der Waals surface area contributed by atoms with E-state index in [1.54, 1.807) is 0 Å². The van der Waals surface area contributed by atoms with Crippen molar-refractivity contribution in [3.63, 3.8) is 0 Å². The smallest absolute Gasteiger partial charge is 0.0174 e. The molecule has 1 aliphatic rings. The highest BCUT2D eigenvalue weighted by atomic mass is 15.1. The predicted molar refractivity (Wildman–Crippen MR) is 77.2 cm³/mol. The molecular weight excluding hydrogens is 206 g/mol. The molecule has 1 fully saturated rings. The van der Waals surface area contributed by atoms with Crippen LogP contribution in [0.15, 0.2) is 12.3 Å². The molecule has 0 aromatic carbocycles. The van der Waals surface area contributed by atoms with Gasteiger partial charge in [-0.15, -0.1) is 0 Å². The Balaban J connectivity index is 1.92. The van der Waals surface area contributed by atoms with E-state index >= 15 is 0 Å². The highest BCUT2D eigenvalue weighted by Crippen LogP contribution is 2.18. The third-order valence-corrected chi connectivity index (χ3v) is 3.87. The molecule has 0 spiro atoms. The highest BCUT2D eigenvalue weighted by molar-refractivity contribution is 4.94. The Morgan fingerprint density at radius 1 is 0.882 bits per heavy atom. The van der Waals surface area contributed by atoms with Crippen LogP contribution in [0.5, 0.6) is 0 Å². The number of hydrogen-bond donors (Lipinski definition) is 0. The van der Waals surface area contributed by atoms with E-state index in [9.17, 15) is 0 Å². The molecule has 0 aliphatic carbocycles. The fraction of sp³-hybridized carbons (Fsp3) is 0.875. The fourth-order valence-corrected chi connectivity index (χ4v) is 2.65. The van der Waals surface area contributed by atoms with Crippen molar-refractivity contribution >= 4 is 0 Å². The number of nitrogens with zero attached hydrogens (tertiary/aromatic N) is 1. The summed E-state index contributed by atoms with van der Waals surface area (Å²) in [7, 11) is 0. The maximum absolute atomic E-state index is 4.25. The van der Waals surface area contributed by atoms with Crippen molar-refractivity contribution in [2.24, 2.45) is 0 Å². The SMILES string of the molecule is C=C(CCCCCCCCC)N1CCCCC1. The van der Waals surface area contributed by atoms with Crippen molar-refractivity contribution in [2.45, 2.75) is 77.6 Å². The van der Waals surface area contributed by atoms with E-state index < -0.39 is 0 Å². The van der Waals surface area contributed by atoms with Crippen molar-refractivity contribution < 1.29 is 0 Å². The molecule has 1 nitrogen and oxygen atoms in total. The van der Waals surface area contributed by atoms with Crippen LogP contribution in [0, 0.1) is 0 Å². The minimum Gasteiger partial charge on any atom is -0.375 e. The fourth-order valence-electron chi connectivity index (χ4n) is 2.65. The minimum atomic E-state index is 1.23. The van der Waals surface area contributed by atoms with Crippen molar-refractivity contribution in [3.05, 3.63) is 12.3 Å². The molecule has 1 heterocycles. The van der Waals surface area contributed by atoms with Gasteiger partial charge in [-0.25, -0.2) is 0 Å². The Morgan fingerprint density at radius 2 is 1.47 bits per heavy atom. The molecule has 0 atom stereocenters. The second-order valence-electron chi connectivity index (χ2n) is 5.49. The average Bonchev–Trinajstić information content (AvgIpc) is 2.38. The number of likely N-dealkylation sites (tertiary alicyclic amines) is 1. The second-order valence-corrected chi connectivity index (χ2v) is 5.49. The molecule has 1 saturated heterocycles. The van der Waals surface area contributed by atoms with Gasteiger partial charge in [0, 0.05) is 18.8 Å². The molecule has 0 N–H and O–H groups in total. The summed E-state index contributed by atoms with van der Waals surface area (Å²) in [5.41, 5.74) is 1.40. The summed E-state index contributed by atoms with van der Waals surface area (Å²) >= 11 is 0. The van der Waals surface area contributed by atoms with Gasteiger partial charge < -0.3 is 4.90 Å². The molecule has 17 heavy (non-hydrogen) atoms. The summed E-state index contributed by atoms with van der Waals surface area (Å²) in [6.45, 7) is 9.05. The monoisotopic (exact) mass is 237 g/mol. The van der Waals surface area contributed by atoms with Gasteiger partial charge in [0.2, 0.25) is 0 Å².